The summed E-state index contributed by atoms with van der Waals surface area (Å²) in [6.07, 6.45) is 7.20. The molecule has 2 unspecified atom stereocenters. The van der Waals surface area contributed by atoms with Crippen LogP contribution < -0.4 is 0 Å². The number of rotatable bonds is 4. The largest absolute Gasteiger partial charge is 0.142 e. The molecule has 1 aliphatic rings. The molecule has 0 bridgehead atoms. The quantitative estimate of drug-likeness (QED) is 0.645. The van der Waals surface area contributed by atoms with Crippen LogP contribution in [0.5, 0.6) is 0 Å². The smallest absolute Gasteiger partial charge is 0.0688 e. The van der Waals surface area contributed by atoms with Gasteiger partial charge in [-0.2, -0.15) is 0 Å². The minimum Gasteiger partial charge on any atom is -0.142 e. The molecule has 2 atom stereocenters. The maximum absolute atomic E-state index is 2.46. The van der Waals surface area contributed by atoms with Crippen molar-refractivity contribution in [2.75, 3.05) is 5.75 Å². The Morgan fingerprint density at radius 2 is 2.07 bits per heavy atom. The van der Waals surface area contributed by atoms with Gasteiger partial charge in [0.25, 0.3) is 0 Å². The molecule has 1 fully saturated rings. The minimum atomic E-state index is 0.715. The maximum Gasteiger partial charge on any atom is 0.0688 e. The highest BCUT2D eigenvalue weighted by Gasteiger charge is 2.20. The van der Waals surface area contributed by atoms with Crippen LogP contribution in [0.1, 0.15) is 40.5 Å². The van der Waals surface area contributed by atoms with Gasteiger partial charge in [-0.25, -0.2) is 0 Å². The first-order valence-electron chi connectivity index (χ1n) is 5.65. The second-order valence-electron chi connectivity index (χ2n) is 4.48. The summed E-state index contributed by atoms with van der Waals surface area (Å²) in [6.45, 7) is 8.93. The maximum atomic E-state index is 2.46. The van der Waals surface area contributed by atoms with Crippen LogP contribution in [0.3, 0.4) is 0 Å². The van der Waals surface area contributed by atoms with Gasteiger partial charge in [-0.3, -0.25) is 0 Å². The van der Waals surface area contributed by atoms with Gasteiger partial charge in [-0.1, -0.05) is 30.2 Å². The molecular formula is C13H22S2. The van der Waals surface area contributed by atoms with Gasteiger partial charge >= 0.3 is 0 Å². The lowest BCUT2D eigenvalue weighted by Gasteiger charge is -2.05. The highest BCUT2D eigenvalue weighted by atomic mass is 32.2. The Morgan fingerprint density at radius 3 is 2.60 bits per heavy atom. The third-order valence-corrected chi connectivity index (χ3v) is 5.52. The van der Waals surface area contributed by atoms with E-state index in [4.69, 9.17) is 0 Å². The highest BCUT2D eigenvalue weighted by molar-refractivity contribution is 8.20. The molecule has 0 aromatic carbocycles. The van der Waals surface area contributed by atoms with Gasteiger partial charge in [0.05, 0.1) is 4.58 Å². The summed E-state index contributed by atoms with van der Waals surface area (Å²) >= 11 is 4.19. The van der Waals surface area contributed by atoms with Crippen LogP contribution in [-0.4, -0.2) is 15.6 Å². The fourth-order valence-corrected chi connectivity index (χ4v) is 4.76. The van der Waals surface area contributed by atoms with Crippen molar-refractivity contribution in [1.82, 2.24) is 0 Å². The molecule has 0 aliphatic carbocycles. The van der Waals surface area contributed by atoms with Gasteiger partial charge in [0.15, 0.2) is 0 Å². The molecule has 0 spiro atoms. The topological polar surface area (TPSA) is 0 Å². The lowest BCUT2D eigenvalue weighted by atomic mass is 10.1. The molecule has 15 heavy (non-hydrogen) atoms. The van der Waals surface area contributed by atoms with Crippen LogP contribution in [-0.2, 0) is 0 Å². The first kappa shape index (κ1) is 13.2. The van der Waals surface area contributed by atoms with Gasteiger partial charge in [-0.05, 0) is 33.6 Å². The zero-order valence-corrected chi connectivity index (χ0v) is 11.9. The summed E-state index contributed by atoms with van der Waals surface area (Å²) in [6, 6.07) is 0. The van der Waals surface area contributed by atoms with Crippen molar-refractivity contribution in [2.45, 2.75) is 50.4 Å². The first-order chi connectivity index (χ1) is 7.08. The zero-order valence-electron chi connectivity index (χ0n) is 10.2. The van der Waals surface area contributed by atoms with Gasteiger partial charge in [-0.15, -0.1) is 23.5 Å². The number of thioether (sulfide) groups is 2. The average Bonchev–Trinajstić information content (AvgIpc) is 2.50. The molecule has 0 nitrogen and oxygen atoms in total. The summed E-state index contributed by atoms with van der Waals surface area (Å²) in [5.74, 6) is 1.31. The summed E-state index contributed by atoms with van der Waals surface area (Å²) in [4.78, 5) is 0. The van der Waals surface area contributed by atoms with E-state index in [1.165, 1.54) is 24.2 Å². The van der Waals surface area contributed by atoms with Gasteiger partial charge in [0.1, 0.15) is 0 Å². The van der Waals surface area contributed by atoms with Gasteiger partial charge in [0.2, 0.25) is 0 Å². The van der Waals surface area contributed by atoms with Crippen LogP contribution in [0, 0.1) is 0 Å². The van der Waals surface area contributed by atoms with Crippen LogP contribution in [0.25, 0.3) is 0 Å². The zero-order chi connectivity index (χ0) is 11.3. The molecule has 2 heteroatoms. The van der Waals surface area contributed by atoms with Crippen LogP contribution in [0.4, 0.5) is 0 Å². The first-order valence-corrected chi connectivity index (χ1v) is 7.65. The van der Waals surface area contributed by atoms with Crippen LogP contribution >= 0.6 is 23.5 Å². The van der Waals surface area contributed by atoms with E-state index in [9.17, 15) is 0 Å². The third kappa shape index (κ3) is 5.72. The Bertz CT molecular complexity index is 249. The molecule has 1 aliphatic heterocycles. The molecule has 0 aromatic rings. The molecule has 0 saturated carbocycles. The van der Waals surface area contributed by atoms with E-state index in [2.05, 4.69) is 63.4 Å². The van der Waals surface area contributed by atoms with Crippen LogP contribution in [0.2, 0.25) is 0 Å². The minimum absolute atomic E-state index is 0.715. The van der Waals surface area contributed by atoms with E-state index in [1.54, 1.807) is 5.57 Å². The van der Waals surface area contributed by atoms with E-state index >= 15 is 0 Å². The summed E-state index contributed by atoms with van der Waals surface area (Å²) in [5, 5.41) is 0.835. The Labute approximate surface area is 103 Å². The summed E-state index contributed by atoms with van der Waals surface area (Å²) in [5.41, 5.74) is 2.98. The van der Waals surface area contributed by atoms with Crippen molar-refractivity contribution in [3.63, 3.8) is 0 Å². The lowest BCUT2D eigenvalue weighted by Crippen LogP contribution is -1.91. The van der Waals surface area contributed by atoms with Crippen molar-refractivity contribution in [1.29, 1.82) is 0 Å². The van der Waals surface area contributed by atoms with E-state index in [-0.39, 0.29) is 0 Å². The van der Waals surface area contributed by atoms with Crippen molar-refractivity contribution in [3.05, 3.63) is 23.3 Å². The standard InChI is InChI=1S/C13H22S2/c1-10(2)6-5-7-11(3)8-13-14-9-12(4)15-13/h6,8,12-13H,5,7,9H2,1-4H3. The highest BCUT2D eigenvalue weighted by Crippen LogP contribution is 2.38. The number of allylic oxidation sites excluding steroid dienone is 3. The molecular weight excluding hydrogens is 220 g/mol. The van der Waals surface area contributed by atoms with E-state index in [0.29, 0.717) is 4.58 Å². The molecule has 1 rings (SSSR count). The van der Waals surface area contributed by atoms with Crippen molar-refractivity contribution < 1.29 is 0 Å². The van der Waals surface area contributed by atoms with Crippen molar-refractivity contribution in [2.24, 2.45) is 0 Å². The monoisotopic (exact) mass is 242 g/mol. The molecule has 0 aromatic heterocycles. The van der Waals surface area contributed by atoms with E-state index < -0.39 is 0 Å². The fraction of sp³-hybridized carbons (Fsp3) is 0.692. The van der Waals surface area contributed by atoms with Crippen molar-refractivity contribution in [3.8, 4) is 0 Å². The number of hydrogen-bond acceptors (Lipinski definition) is 2. The van der Waals surface area contributed by atoms with Crippen molar-refractivity contribution >= 4 is 23.5 Å². The SMILES string of the molecule is CC(C)=CCCC(C)=CC1SCC(C)S1. The summed E-state index contributed by atoms with van der Waals surface area (Å²) in [7, 11) is 0. The molecule has 1 heterocycles. The molecule has 1 saturated heterocycles. The summed E-state index contributed by atoms with van der Waals surface area (Å²) < 4.78 is 0.715. The second kappa shape index (κ2) is 6.70. The fourth-order valence-electron chi connectivity index (χ4n) is 1.53. The van der Waals surface area contributed by atoms with Gasteiger partial charge < -0.3 is 0 Å². The lowest BCUT2D eigenvalue weighted by molar-refractivity contribution is 0.963. The Balaban J connectivity index is 2.30. The number of hydrogen-bond donors (Lipinski definition) is 0. The predicted octanol–water partition coefficient (Wildman–Crippen LogP) is 4.87. The average molecular weight is 242 g/mol. The normalized spacial score (nSPS) is 26.8. The molecule has 0 radical (unpaired) electrons. The second-order valence-corrected chi connectivity index (χ2v) is 7.54. The Kier molecular flexibility index (Phi) is 5.91. The Hall–Kier alpha value is 0.180. The Morgan fingerprint density at radius 1 is 1.33 bits per heavy atom. The van der Waals surface area contributed by atoms with Crippen LogP contribution in [0.15, 0.2) is 23.3 Å². The molecule has 0 N–H and O–H groups in total. The third-order valence-electron chi connectivity index (χ3n) is 2.37. The van der Waals surface area contributed by atoms with E-state index in [0.717, 1.165) is 5.25 Å². The predicted molar refractivity (Wildman–Crippen MR) is 75.7 cm³/mol. The van der Waals surface area contributed by atoms with E-state index in [1.807, 2.05) is 0 Å². The molecule has 0 amide bonds. The molecule has 86 valence electrons. The van der Waals surface area contributed by atoms with Gasteiger partial charge in [0, 0.05) is 11.0 Å².